The van der Waals surface area contributed by atoms with E-state index in [-0.39, 0.29) is 5.54 Å². The van der Waals surface area contributed by atoms with Crippen LogP contribution in [0.4, 0.5) is 0 Å². The molecule has 0 bridgehead atoms. The molecule has 104 valence electrons. The van der Waals surface area contributed by atoms with Gasteiger partial charge in [0.25, 0.3) is 0 Å². The molecule has 19 heavy (non-hydrogen) atoms. The zero-order valence-corrected chi connectivity index (χ0v) is 12.2. The van der Waals surface area contributed by atoms with Crippen LogP contribution in [-0.2, 0) is 6.42 Å². The van der Waals surface area contributed by atoms with Gasteiger partial charge in [-0.25, -0.2) is 0 Å². The van der Waals surface area contributed by atoms with Gasteiger partial charge in [0, 0.05) is 23.3 Å². The predicted molar refractivity (Wildman–Crippen MR) is 79.0 cm³/mol. The van der Waals surface area contributed by atoms with E-state index in [4.69, 9.17) is 5.73 Å². The molecular formula is C17H26N2. The van der Waals surface area contributed by atoms with E-state index in [1.165, 1.54) is 49.8 Å². The maximum atomic E-state index is 6.80. The summed E-state index contributed by atoms with van der Waals surface area (Å²) in [6.07, 6.45) is 9.25. The Labute approximate surface area is 116 Å². The Bertz CT molecular complexity index is 444. The Morgan fingerprint density at radius 2 is 2.00 bits per heavy atom. The molecule has 1 unspecified atom stereocenters. The summed E-state index contributed by atoms with van der Waals surface area (Å²) < 4.78 is 0. The number of rotatable bonds is 2. The van der Waals surface area contributed by atoms with Crippen LogP contribution in [0.5, 0.6) is 0 Å². The van der Waals surface area contributed by atoms with Crippen LogP contribution >= 0.6 is 0 Å². The molecule has 2 aliphatic carbocycles. The molecule has 1 fully saturated rings. The number of hydrogen-bond acceptors (Lipinski definition) is 2. The maximum Gasteiger partial charge on any atom is 0.0484 e. The molecule has 0 radical (unpaired) electrons. The van der Waals surface area contributed by atoms with Crippen molar-refractivity contribution in [3.63, 3.8) is 0 Å². The Kier molecular flexibility index (Phi) is 3.38. The number of nitrogens with zero attached hydrogens (tertiary/aromatic N) is 1. The molecule has 0 spiro atoms. The number of nitrogens with two attached hydrogens (primary N) is 1. The molecule has 1 heterocycles. The van der Waals surface area contributed by atoms with Gasteiger partial charge in [0.2, 0.25) is 0 Å². The van der Waals surface area contributed by atoms with Crippen molar-refractivity contribution in [3.05, 3.63) is 29.6 Å². The van der Waals surface area contributed by atoms with Gasteiger partial charge < -0.3 is 5.73 Å². The molecule has 1 saturated carbocycles. The first-order valence-electron chi connectivity index (χ1n) is 7.83. The van der Waals surface area contributed by atoms with Gasteiger partial charge in [-0.15, -0.1) is 0 Å². The second-order valence-corrected chi connectivity index (χ2v) is 6.95. The summed E-state index contributed by atoms with van der Waals surface area (Å²) in [4.78, 5) is 4.64. The van der Waals surface area contributed by atoms with Crippen LogP contribution in [0.1, 0.15) is 63.1 Å². The topological polar surface area (TPSA) is 38.9 Å². The largest absolute Gasteiger partial charge is 0.324 e. The summed E-state index contributed by atoms with van der Waals surface area (Å²) in [5, 5.41) is 0. The molecule has 0 amide bonds. The molecule has 3 rings (SSSR count). The summed E-state index contributed by atoms with van der Waals surface area (Å²) in [7, 11) is 0. The van der Waals surface area contributed by atoms with Gasteiger partial charge in [-0.1, -0.05) is 19.9 Å². The lowest BCUT2D eigenvalue weighted by Gasteiger charge is -2.42. The second kappa shape index (κ2) is 4.90. The summed E-state index contributed by atoms with van der Waals surface area (Å²) in [6.45, 7) is 4.70. The maximum absolute atomic E-state index is 6.80. The van der Waals surface area contributed by atoms with Crippen molar-refractivity contribution in [2.24, 2.45) is 17.6 Å². The summed E-state index contributed by atoms with van der Waals surface area (Å²) in [6, 6.07) is 4.28. The standard InChI is InChI=1S/C17H26N2/c1-12(2)13-7-9-17(18,10-8-13)15-6-5-14-4-3-11-19-16(14)15/h3-4,11-13,15H,5-10,18H2,1-2H3. The van der Waals surface area contributed by atoms with Crippen LogP contribution in [0.15, 0.2) is 18.3 Å². The molecule has 0 aromatic carbocycles. The highest BCUT2D eigenvalue weighted by Crippen LogP contribution is 2.46. The van der Waals surface area contributed by atoms with E-state index in [0.29, 0.717) is 5.92 Å². The Morgan fingerprint density at radius 3 is 2.68 bits per heavy atom. The first-order chi connectivity index (χ1) is 9.10. The third-order valence-corrected chi connectivity index (χ3v) is 5.56. The van der Waals surface area contributed by atoms with Crippen LogP contribution in [0.25, 0.3) is 0 Å². The highest BCUT2D eigenvalue weighted by molar-refractivity contribution is 5.32. The van der Waals surface area contributed by atoms with Crippen LogP contribution in [-0.4, -0.2) is 10.5 Å². The van der Waals surface area contributed by atoms with Gasteiger partial charge in [0.1, 0.15) is 0 Å². The van der Waals surface area contributed by atoms with Crippen molar-refractivity contribution in [1.29, 1.82) is 0 Å². The lowest BCUT2D eigenvalue weighted by molar-refractivity contribution is 0.168. The van der Waals surface area contributed by atoms with Crippen LogP contribution in [0, 0.1) is 11.8 Å². The normalized spacial score (nSPS) is 34.5. The van der Waals surface area contributed by atoms with Crippen molar-refractivity contribution in [2.75, 3.05) is 0 Å². The van der Waals surface area contributed by atoms with Crippen molar-refractivity contribution in [3.8, 4) is 0 Å². The molecule has 2 aliphatic rings. The molecule has 2 N–H and O–H groups in total. The van der Waals surface area contributed by atoms with E-state index in [1.807, 2.05) is 6.20 Å². The molecule has 2 nitrogen and oxygen atoms in total. The third-order valence-electron chi connectivity index (χ3n) is 5.56. The predicted octanol–water partition coefficient (Wildman–Crippen LogP) is 3.66. The van der Waals surface area contributed by atoms with E-state index >= 15 is 0 Å². The summed E-state index contributed by atoms with van der Waals surface area (Å²) in [5.74, 6) is 2.18. The summed E-state index contributed by atoms with van der Waals surface area (Å²) in [5.41, 5.74) is 9.54. The quantitative estimate of drug-likeness (QED) is 0.879. The summed E-state index contributed by atoms with van der Waals surface area (Å²) >= 11 is 0. The minimum absolute atomic E-state index is 0.00495. The second-order valence-electron chi connectivity index (χ2n) is 6.95. The first kappa shape index (κ1) is 13.1. The van der Waals surface area contributed by atoms with Gasteiger partial charge >= 0.3 is 0 Å². The monoisotopic (exact) mass is 258 g/mol. The fourth-order valence-corrected chi connectivity index (χ4v) is 4.16. The molecule has 1 aromatic rings. The number of aryl methyl sites for hydroxylation is 1. The average Bonchev–Trinajstić information content (AvgIpc) is 2.83. The fourth-order valence-electron chi connectivity index (χ4n) is 4.16. The first-order valence-corrected chi connectivity index (χ1v) is 7.83. The van der Waals surface area contributed by atoms with Crippen molar-refractivity contribution in [1.82, 2.24) is 4.98 Å². The van der Waals surface area contributed by atoms with Crippen LogP contribution in [0.3, 0.4) is 0 Å². The van der Waals surface area contributed by atoms with Crippen molar-refractivity contribution >= 4 is 0 Å². The highest BCUT2D eigenvalue weighted by atomic mass is 14.8. The SMILES string of the molecule is CC(C)C1CCC(N)(C2CCc3cccnc32)CC1. The molecule has 0 aliphatic heterocycles. The number of fused-ring (bicyclic) bond motifs is 1. The number of pyridine rings is 1. The molecule has 1 aromatic heterocycles. The number of aromatic nitrogens is 1. The van der Waals surface area contributed by atoms with E-state index in [1.54, 1.807) is 0 Å². The molecular weight excluding hydrogens is 232 g/mol. The molecule has 0 saturated heterocycles. The zero-order valence-electron chi connectivity index (χ0n) is 12.2. The fraction of sp³-hybridized carbons (Fsp3) is 0.706. The van der Waals surface area contributed by atoms with Gasteiger partial charge in [-0.2, -0.15) is 0 Å². The smallest absolute Gasteiger partial charge is 0.0484 e. The minimum Gasteiger partial charge on any atom is -0.324 e. The molecule has 1 atom stereocenters. The van der Waals surface area contributed by atoms with Gasteiger partial charge in [-0.05, 0) is 62.0 Å². The van der Waals surface area contributed by atoms with Crippen molar-refractivity contribution in [2.45, 2.75) is 63.8 Å². The van der Waals surface area contributed by atoms with Crippen LogP contribution < -0.4 is 5.73 Å². The molecule has 2 heteroatoms. The Hall–Kier alpha value is -0.890. The Balaban J connectivity index is 1.77. The lowest BCUT2D eigenvalue weighted by Crippen LogP contribution is -2.48. The van der Waals surface area contributed by atoms with Crippen LogP contribution in [0.2, 0.25) is 0 Å². The zero-order chi connectivity index (χ0) is 13.5. The van der Waals surface area contributed by atoms with E-state index in [2.05, 4.69) is 31.0 Å². The minimum atomic E-state index is 0.00495. The lowest BCUT2D eigenvalue weighted by atomic mass is 9.67. The van der Waals surface area contributed by atoms with E-state index in [9.17, 15) is 0 Å². The van der Waals surface area contributed by atoms with Gasteiger partial charge in [0.15, 0.2) is 0 Å². The Morgan fingerprint density at radius 1 is 1.26 bits per heavy atom. The average molecular weight is 258 g/mol. The van der Waals surface area contributed by atoms with Gasteiger partial charge in [0.05, 0.1) is 0 Å². The number of hydrogen-bond donors (Lipinski definition) is 1. The third kappa shape index (κ3) is 2.31. The van der Waals surface area contributed by atoms with Gasteiger partial charge in [-0.3, -0.25) is 4.98 Å². The van der Waals surface area contributed by atoms with E-state index in [0.717, 1.165) is 11.8 Å². The van der Waals surface area contributed by atoms with E-state index < -0.39 is 0 Å². The van der Waals surface area contributed by atoms with Crippen molar-refractivity contribution < 1.29 is 0 Å². The highest BCUT2D eigenvalue weighted by Gasteiger charge is 2.43.